The van der Waals surface area contributed by atoms with Crippen LogP contribution < -0.4 is 5.73 Å². The minimum absolute atomic E-state index is 0.108. The standard InChI is InChI=1S/C8H9BrF2N2/c1-4-7(8(10)11)6(12)2-5(3-9)13-4/h2,8H,3H2,1H3,(H2,12,13). The fraction of sp³-hybridized carbons (Fsp3) is 0.375. The van der Waals surface area contributed by atoms with E-state index in [1.54, 1.807) is 0 Å². The normalized spacial score (nSPS) is 10.8. The molecule has 1 aromatic heterocycles. The van der Waals surface area contributed by atoms with Crippen LogP contribution in [0.5, 0.6) is 0 Å². The summed E-state index contributed by atoms with van der Waals surface area (Å²) in [5.41, 5.74) is 6.37. The molecule has 0 spiro atoms. The van der Waals surface area contributed by atoms with E-state index in [0.29, 0.717) is 16.7 Å². The number of alkyl halides is 3. The van der Waals surface area contributed by atoms with E-state index >= 15 is 0 Å². The number of pyridine rings is 1. The summed E-state index contributed by atoms with van der Waals surface area (Å²) in [7, 11) is 0. The zero-order valence-electron chi connectivity index (χ0n) is 7.02. The molecule has 1 aromatic rings. The minimum Gasteiger partial charge on any atom is -0.398 e. The second kappa shape index (κ2) is 4.00. The summed E-state index contributed by atoms with van der Waals surface area (Å²) in [6.45, 7) is 1.53. The van der Waals surface area contributed by atoms with Gasteiger partial charge in [-0.05, 0) is 13.0 Å². The van der Waals surface area contributed by atoms with E-state index in [1.807, 2.05) is 0 Å². The second-order valence-electron chi connectivity index (χ2n) is 2.64. The van der Waals surface area contributed by atoms with Gasteiger partial charge in [0.05, 0.1) is 11.3 Å². The van der Waals surface area contributed by atoms with Crippen molar-refractivity contribution in [3.05, 3.63) is 23.0 Å². The zero-order valence-corrected chi connectivity index (χ0v) is 8.61. The summed E-state index contributed by atoms with van der Waals surface area (Å²) in [6.07, 6.45) is -2.56. The van der Waals surface area contributed by atoms with E-state index in [9.17, 15) is 8.78 Å². The predicted molar refractivity (Wildman–Crippen MR) is 51.0 cm³/mol. The summed E-state index contributed by atoms with van der Waals surface area (Å²) in [6, 6.07) is 1.46. The van der Waals surface area contributed by atoms with Gasteiger partial charge in [-0.2, -0.15) is 0 Å². The molecule has 0 unspecified atom stereocenters. The van der Waals surface area contributed by atoms with E-state index in [4.69, 9.17) is 5.73 Å². The molecule has 0 aliphatic heterocycles. The third-order valence-electron chi connectivity index (χ3n) is 1.69. The molecule has 0 aliphatic rings. The Balaban J connectivity index is 3.23. The van der Waals surface area contributed by atoms with Crippen LogP contribution in [0.25, 0.3) is 0 Å². The lowest BCUT2D eigenvalue weighted by Gasteiger charge is -2.08. The first-order valence-electron chi connectivity index (χ1n) is 3.66. The van der Waals surface area contributed by atoms with Crippen LogP contribution in [0.4, 0.5) is 14.5 Å². The van der Waals surface area contributed by atoms with Gasteiger partial charge in [-0.3, -0.25) is 4.98 Å². The molecule has 0 saturated heterocycles. The number of anilines is 1. The molecule has 0 aromatic carbocycles. The fourth-order valence-electron chi connectivity index (χ4n) is 1.13. The Hall–Kier alpha value is -0.710. The lowest BCUT2D eigenvalue weighted by atomic mass is 10.1. The first-order chi connectivity index (χ1) is 6.06. The molecular formula is C8H9BrF2N2. The van der Waals surface area contributed by atoms with E-state index < -0.39 is 6.43 Å². The van der Waals surface area contributed by atoms with Gasteiger partial charge < -0.3 is 5.73 Å². The first-order valence-corrected chi connectivity index (χ1v) is 4.78. The summed E-state index contributed by atoms with van der Waals surface area (Å²) >= 11 is 3.18. The maximum atomic E-state index is 12.4. The number of halogens is 3. The summed E-state index contributed by atoms with van der Waals surface area (Å²) < 4.78 is 24.8. The Morgan fingerprint density at radius 3 is 2.62 bits per heavy atom. The summed E-state index contributed by atoms with van der Waals surface area (Å²) in [5.74, 6) is 0. The van der Waals surface area contributed by atoms with E-state index in [-0.39, 0.29) is 11.3 Å². The number of nitrogens with zero attached hydrogens (tertiary/aromatic N) is 1. The molecule has 72 valence electrons. The first kappa shape index (κ1) is 10.4. The highest BCUT2D eigenvalue weighted by atomic mass is 79.9. The zero-order chi connectivity index (χ0) is 10.0. The molecule has 0 radical (unpaired) electrons. The van der Waals surface area contributed by atoms with E-state index in [2.05, 4.69) is 20.9 Å². The molecule has 0 saturated carbocycles. The highest BCUT2D eigenvalue weighted by Gasteiger charge is 2.16. The van der Waals surface area contributed by atoms with Crippen LogP contribution >= 0.6 is 15.9 Å². The van der Waals surface area contributed by atoms with Crippen molar-refractivity contribution in [2.75, 3.05) is 5.73 Å². The molecule has 0 amide bonds. The number of aromatic nitrogens is 1. The monoisotopic (exact) mass is 250 g/mol. The van der Waals surface area contributed by atoms with Gasteiger partial charge in [0.1, 0.15) is 0 Å². The van der Waals surface area contributed by atoms with Crippen molar-refractivity contribution in [3.63, 3.8) is 0 Å². The highest BCUT2D eigenvalue weighted by molar-refractivity contribution is 9.08. The molecule has 13 heavy (non-hydrogen) atoms. The minimum atomic E-state index is -2.56. The molecule has 0 atom stereocenters. The molecule has 2 nitrogen and oxygen atoms in total. The van der Waals surface area contributed by atoms with Crippen molar-refractivity contribution in [1.29, 1.82) is 0 Å². The SMILES string of the molecule is Cc1nc(CBr)cc(N)c1C(F)F. The van der Waals surface area contributed by atoms with Crippen LogP contribution in [0, 0.1) is 6.92 Å². The number of nitrogens with two attached hydrogens (primary N) is 1. The van der Waals surface area contributed by atoms with E-state index in [0.717, 1.165) is 0 Å². The molecule has 0 fully saturated rings. The Kier molecular flexibility index (Phi) is 3.19. The van der Waals surface area contributed by atoms with Gasteiger partial charge >= 0.3 is 0 Å². The van der Waals surface area contributed by atoms with Gasteiger partial charge in [0, 0.05) is 16.7 Å². The summed E-state index contributed by atoms with van der Waals surface area (Å²) in [5, 5.41) is 0.515. The third kappa shape index (κ3) is 2.15. The molecule has 5 heteroatoms. The fourth-order valence-corrected chi connectivity index (χ4v) is 1.41. The predicted octanol–water partition coefficient (Wildman–Crippen LogP) is 2.80. The largest absolute Gasteiger partial charge is 0.398 e. The van der Waals surface area contributed by atoms with Gasteiger partial charge in [-0.1, -0.05) is 15.9 Å². The average Bonchev–Trinajstić information content (AvgIpc) is 2.02. The van der Waals surface area contributed by atoms with Crippen molar-refractivity contribution < 1.29 is 8.78 Å². The van der Waals surface area contributed by atoms with Crippen molar-refractivity contribution in [1.82, 2.24) is 4.98 Å². The Morgan fingerprint density at radius 1 is 1.62 bits per heavy atom. The maximum absolute atomic E-state index is 12.4. The second-order valence-corrected chi connectivity index (χ2v) is 3.20. The van der Waals surface area contributed by atoms with Gasteiger partial charge in [-0.15, -0.1) is 0 Å². The number of hydrogen-bond donors (Lipinski definition) is 1. The number of rotatable bonds is 2. The van der Waals surface area contributed by atoms with Gasteiger partial charge in [0.25, 0.3) is 6.43 Å². The van der Waals surface area contributed by atoms with Crippen LogP contribution in [0.15, 0.2) is 6.07 Å². The molecular weight excluding hydrogens is 242 g/mol. The number of nitrogen functional groups attached to an aromatic ring is 1. The van der Waals surface area contributed by atoms with Crippen LogP contribution in [0.2, 0.25) is 0 Å². The van der Waals surface area contributed by atoms with Crippen molar-refractivity contribution in [2.24, 2.45) is 0 Å². The van der Waals surface area contributed by atoms with Crippen LogP contribution in [-0.2, 0) is 5.33 Å². The smallest absolute Gasteiger partial charge is 0.267 e. The van der Waals surface area contributed by atoms with Crippen LogP contribution in [0.3, 0.4) is 0 Å². The Labute approximate surface area is 83.3 Å². The molecule has 0 aliphatic carbocycles. The van der Waals surface area contributed by atoms with Gasteiger partial charge in [-0.25, -0.2) is 8.78 Å². The van der Waals surface area contributed by atoms with Crippen LogP contribution in [-0.4, -0.2) is 4.98 Å². The quantitative estimate of drug-likeness (QED) is 0.821. The molecule has 1 heterocycles. The lowest BCUT2D eigenvalue weighted by molar-refractivity contribution is 0.151. The lowest BCUT2D eigenvalue weighted by Crippen LogP contribution is -2.02. The van der Waals surface area contributed by atoms with Crippen LogP contribution in [0.1, 0.15) is 23.4 Å². The molecule has 1 rings (SSSR count). The van der Waals surface area contributed by atoms with Gasteiger partial charge in [0.15, 0.2) is 0 Å². The maximum Gasteiger partial charge on any atom is 0.267 e. The third-order valence-corrected chi connectivity index (χ3v) is 2.26. The molecule has 0 bridgehead atoms. The topological polar surface area (TPSA) is 38.9 Å². The van der Waals surface area contributed by atoms with Crippen molar-refractivity contribution in [2.45, 2.75) is 18.7 Å². The molecule has 2 N–H and O–H groups in total. The Bertz CT molecular complexity index is 292. The Morgan fingerprint density at radius 2 is 2.23 bits per heavy atom. The van der Waals surface area contributed by atoms with Gasteiger partial charge in [0.2, 0.25) is 0 Å². The van der Waals surface area contributed by atoms with Crippen molar-refractivity contribution >= 4 is 21.6 Å². The average molecular weight is 251 g/mol. The van der Waals surface area contributed by atoms with E-state index in [1.165, 1.54) is 13.0 Å². The number of hydrogen-bond acceptors (Lipinski definition) is 2. The highest BCUT2D eigenvalue weighted by Crippen LogP contribution is 2.28. The number of aryl methyl sites for hydroxylation is 1. The van der Waals surface area contributed by atoms with Crippen molar-refractivity contribution in [3.8, 4) is 0 Å². The summed E-state index contributed by atoms with van der Waals surface area (Å²) in [4.78, 5) is 3.97.